The van der Waals surface area contributed by atoms with Crippen LogP contribution in [0.5, 0.6) is 0 Å². The van der Waals surface area contributed by atoms with Crippen LogP contribution in [0.4, 0.5) is 11.8 Å². The van der Waals surface area contributed by atoms with E-state index in [1.165, 1.54) is 0 Å². The summed E-state index contributed by atoms with van der Waals surface area (Å²) >= 11 is 0. The zero-order valence-corrected chi connectivity index (χ0v) is 12.2. The fourth-order valence-corrected chi connectivity index (χ4v) is 2.61. The number of nitrogens with zero attached hydrogens (tertiary/aromatic N) is 4. The van der Waals surface area contributed by atoms with E-state index in [2.05, 4.69) is 15.1 Å². The van der Waals surface area contributed by atoms with E-state index in [0.717, 1.165) is 11.3 Å². The predicted molar refractivity (Wildman–Crippen MR) is 90.9 cm³/mol. The van der Waals surface area contributed by atoms with E-state index in [9.17, 15) is 0 Å². The molecule has 2 aromatic carbocycles. The topological polar surface area (TPSA) is 95.6 Å². The number of hydrogen-bond donors (Lipinski definition) is 2. The van der Waals surface area contributed by atoms with Crippen LogP contribution < -0.4 is 11.5 Å². The van der Waals surface area contributed by atoms with Gasteiger partial charge in [-0.1, -0.05) is 48.5 Å². The van der Waals surface area contributed by atoms with Crippen molar-refractivity contribution in [2.75, 3.05) is 11.5 Å². The third-order valence-electron chi connectivity index (χ3n) is 3.62. The Labute approximate surface area is 132 Å². The predicted octanol–water partition coefficient (Wildman–Crippen LogP) is 2.65. The summed E-state index contributed by atoms with van der Waals surface area (Å²) in [5.41, 5.74) is 15.1. The molecule has 6 heteroatoms. The molecule has 6 nitrogen and oxygen atoms in total. The maximum Gasteiger partial charge on any atom is 0.222 e. The monoisotopic (exact) mass is 302 g/mol. The second-order valence-electron chi connectivity index (χ2n) is 5.13. The highest BCUT2D eigenvalue weighted by atomic mass is 15.3. The second-order valence-corrected chi connectivity index (χ2v) is 5.13. The summed E-state index contributed by atoms with van der Waals surface area (Å²) in [6.45, 7) is 0. The van der Waals surface area contributed by atoms with Gasteiger partial charge in [0.1, 0.15) is 0 Å². The van der Waals surface area contributed by atoms with Crippen molar-refractivity contribution in [3.05, 3.63) is 60.7 Å². The molecule has 0 atom stereocenters. The van der Waals surface area contributed by atoms with Crippen molar-refractivity contribution < 1.29 is 0 Å². The highest BCUT2D eigenvalue weighted by Crippen LogP contribution is 2.31. The lowest BCUT2D eigenvalue weighted by Crippen LogP contribution is -2.02. The zero-order chi connectivity index (χ0) is 15.8. The molecule has 112 valence electrons. The van der Waals surface area contributed by atoms with Crippen LogP contribution in [0.2, 0.25) is 0 Å². The number of aromatic nitrogens is 4. The molecule has 4 rings (SSSR count). The lowest BCUT2D eigenvalue weighted by Gasteiger charge is -2.06. The largest absolute Gasteiger partial charge is 0.382 e. The van der Waals surface area contributed by atoms with Crippen molar-refractivity contribution in [2.45, 2.75) is 0 Å². The van der Waals surface area contributed by atoms with Gasteiger partial charge in [-0.2, -0.15) is 4.98 Å². The molecular formula is C17H14N6. The van der Waals surface area contributed by atoms with E-state index in [0.29, 0.717) is 22.5 Å². The van der Waals surface area contributed by atoms with Crippen LogP contribution in [0.1, 0.15) is 0 Å². The molecule has 4 aromatic rings. The Morgan fingerprint density at radius 2 is 1.43 bits per heavy atom. The van der Waals surface area contributed by atoms with Gasteiger partial charge in [-0.3, -0.25) is 0 Å². The van der Waals surface area contributed by atoms with E-state index in [1.807, 2.05) is 60.7 Å². The molecule has 0 aliphatic rings. The molecule has 0 spiro atoms. The summed E-state index contributed by atoms with van der Waals surface area (Å²) in [7, 11) is 0. The Morgan fingerprint density at radius 1 is 0.783 bits per heavy atom. The Hall–Kier alpha value is -3.41. The molecule has 0 saturated heterocycles. The van der Waals surface area contributed by atoms with Crippen LogP contribution in [0.25, 0.3) is 28.0 Å². The second kappa shape index (κ2) is 5.10. The number of anilines is 2. The maximum atomic E-state index is 6.15. The van der Waals surface area contributed by atoms with E-state index in [1.54, 1.807) is 4.68 Å². The normalized spacial score (nSPS) is 11.0. The smallest absolute Gasteiger partial charge is 0.222 e. The summed E-state index contributed by atoms with van der Waals surface area (Å²) in [5.74, 6) is 0.566. The third kappa shape index (κ3) is 2.17. The molecule has 2 heterocycles. The number of benzene rings is 2. The first-order valence-electron chi connectivity index (χ1n) is 7.16. The number of nitrogens with two attached hydrogens (primary N) is 2. The minimum atomic E-state index is 0.188. The van der Waals surface area contributed by atoms with Gasteiger partial charge in [0.15, 0.2) is 11.5 Å². The maximum absolute atomic E-state index is 6.15. The Balaban J connectivity index is 2.06. The van der Waals surface area contributed by atoms with Gasteiger partial charge in [0.05, 0.1) is 16.8 Å². The summed E-state index contributed by atoms with van der Waals surface area (Å²) in [6, 6.07) is 19.4. The number of fused-ring (bicyclic) bond motifs is 1. The molecule has 0 saturated carbocycles. The van der Waals surface area contributed by atoms with Crippen LogP contribution in [0.15, 0.2) is 60.7 Å². The minimum absolute atomic E-state index is 0.188. The van der Waals surface area contributed by atoms with Crippen molar-refractivity contribution >= 4 is 22.8 Å². The fraction of sp³-hybridized carbons (Fsp3) is 0. The standard InChI is InChI=1S/C17H14N6/c18-15-13-14(11-7-3-1-4-8-11)20-17(19)21-16(13)23(22-15)12-9-5-2-6-10-12/h1-10H,(H2,18,22)(H2,19,20,21). The number of para-hydroxylation sites is 1. The van der Waals surface area contributed by atoms with Crippen molar-refractivity contribution in [2.24, 2.45) is 0 Å². The highest BCUT2D eigenvalue weighted by molar-refractivity contribution is 5.99. The highest BCUT2D eigenvalue weighted by Gasteiger charge is 2.18. The van der Waals surface area contributed by atoms with E-state index in [-0.39, 0.29) is 5.95 Å². The number of nitrogen functional groups attached to an aromatic ring is 2. The van der Waals surface area contributed by atoms with Gasteiger partial charge in [-0.25, -0.2) is 9.67 Å². The fourth-order valence-electron chi connectivity index (χ4n) is 2.61. The molecule has 0 aliphatic heterocycles. The lowest BCUT2D eigenvalue weighted by molar-refractivity contribution is 0.902. The van der Waals surface area contributed by atoms with Gasteiger partial charge in [0.2, 0.25) is 5.95 Å². The van der Waals surface area contributed by atoms with Crippen molar-refractivity contribution in [3.63, 3.8) is 0 Å². The molecule has 0 radical (unpaired) electrons. The first-order chi connectivity index (χ1) is 11.2. The van der Waals surface area contributed by atoms with Gasteiger partial charge < -0.3 is 11.5 Å². The zero-order valence-electron chi connectivity index (χ0n) is 12.2. The quantitative estimate of drug-likeness (QED) is 0.593. The third-order valence-corrected chi connectivity index (χ3v) is 3.62. The van der Waals surface area contributed by atoms with Crippen molar-refractivity contribution in [3.8, 4) is 16.9 Å². The van der Waals surface area contributed by atoms with E-state index >= 15 is 0 Å². The first-order valence-corrected chi connectivity index (χ1v) is 7.16. The summed E-state index contributed by atoms with van der Waals surface area (Å²) < 4.78 is 1.69. The van der Waals surface area contributed by atoms with E-state index in [4.69, 9.17) is 11.5 Å². The molecule has 4 N–H and O–H groups in total. The molecule has 2 aromatic heterocycles. The van der Waals surface area contributed by atoms with E-state index < -0.39 is 0 Å². The molecule has 0 amide bonds. The molecule has 0 bridgehead atoms. The van der Waals surface area contributed by atoms with Gasteiger partial charge in [-0.05, 0) is 12.1 Å². The number of rotatable bonds is 2. The van der Waals surface area contributed by atoms with Gasteiger partial charge in [0, 0.05) is 5.56 Å². The average Bonchev–Trinajstić information content (AvgIpc) is 2.92. The Bertz CT molecular complexity index is 976. The van der Waals surface area contributed by atoms with Gasteiger partial charge in [0.25, 0.3) is 0 Å². The van der Waals surface area contributed by atoms with Crippen LogP contribution in [-0.4, -0.2) is 19.7 Å². The summed E-state index contributed by atoms with van der Waals surface area (Å²) in [4.78, 5) is 8.72. The number of hydrogen-bond acceptors (Lipinski definition) is 5. The van der Waals surface area contributed by atoms with Gasteiger partial charge in [-0.15, -0.1) is 5.10 Å². The molecular weight excluding hydrogens is 288 g/mol. The van der Waals surface area contributed by atoms with Crippen molar-refractivity contribution in [1.29, 1.82) is 0 Å². The Morgan fingerprint density at radius 3 is 2.13 bits per heavy atom. The molecule has 0 fully saturated rings. The van der Waals surface area contributed by atoms with Gasteiger partial charge >= 0.3 is 0 Å². The molecule has 23 heavy (non-hydrogen) atoms. The Kier molecular flexibility index (Phi) is 2.94. The average molecular weight is 302 g/mol. The first kappa shape index (κ1) is 13.3. The van der Waals surface area contributed by atoms with Crippen LogP contribution in [-0.2, 0) is 0 Å². The SMILES string of the molecule is Nc1nc(-c2ccccc2)c2c(N)nn(-c3ccccc3)c2n1. The molecule has 0 aliphatic carbocycles. The summed E-state index contributed by atoms with van der Waals surface area (Å²) in [6.07, 6.45) is 0. The lowest BCUT2D eigenvalue weighted by atomic mass is 10.1. The summed E-state index contributed by atoms with van der Waals surface area (Å²) in [5, 5.41) is 5.13. The van der Waals surface area contributed by atoms with Crippen molar-refractivity contribution in [1.82, 2.24) is 19.7 Å². The van der Waals surface area contributed by atoms with Crippen LogP contribution in [0.3, 0.4) is 0 Å². The minimum Gasteiger partial charge on any atom is -0.382 e. The van der Waals surface area contributed by atoms with Crippen LogP contribution >= 0.6 is 0 Å². The molecule has 0 unspecified atom stereocenters. The van der Waals surface area contributed by atoms with Crippen LogP contribution in [0, 0.1) is 0 Å².